The van der Waals surface area contributed by atoms with Crippen molar-refractivity contribution in [3.63, 3.8) is 0 Å². The summed E-state index contributed by atoms with van der Waals surface area (Å²) in [5.74, 6) is -0.0486. The molecule has 2 N–H and O–H groups in total. The third-order valence-electron chi connectivity index (χ3n) is 3.51. The smallest absolute Gasteiger partial charge is 0.243 e. The summed E-state index contributed by atoms with van der Waals surface area (Å²) in [5, 5.41) is 6.14. The van der Waals surface area contributed by atoms with E-state index in [2.05, 4.69) is 37.5 Å². The molecular formula is C19H24N2O. The molecule has 0 aliphatic carbocycles. The molecule has 2 aromatic carbocycles. The fourth-order valence-electron chi connectivity index (χ4n) is 2.31. The molecule has 2 rings (SSSR count). The SMILES string of the molecule is Cc1ccc(NC(=O)CNc2ccccc2C(C)(C)C)cc1. The Labute approximate surface area is 132 Å². The van der Waals surface area contributed by atoms with Gasteiger partial charge in [-0.3, -0.25) is 4.79 Å². The van der Waals surface area contributed by atoms with Crippen molar-refractivity contribution in [1.82, 2.24) is 0 Å². The molecule has 0 aromatic heterocycles. The van der Waals surface area contributed by atoms with Gasteiger partial charge in [-0.25, -0.2) is 0 Å². The number of benzene rings is 2. The van der Waals surface area contributed by atoms with Crippen molar-refractivity contribution in [3.05, 3.63) is 59.7 Å². The van der Waals surface area contributed by atoms with Crippen LogP contribution in [0.4, 0.5) is 11.4 Å². The Morgan fingerprint density at radius 2 is 1.64 bits per heavy atom. The van der Waals surface area contributed by atoms with Crippen molar-refractivity contribution in [2.24, 2.45) is 0 Å². The Morgan fingerprint density at radius 1 is 1.00 bits per heavy atom. The fraction of sp³-hybridized carbons (Fsp3) is 0.316. The van der Waals surface area contributed by atoms with E-state index in [-0.39, 0.29) is 17.9 Å². The second-order valence-corrected chi connectivity index (χ2v) is 6.56. The van der Waals surface area contributed by atoms with E-state index in [1.807, 2.05) is 49.4 Å². The average Bonchev–Trinajstić information content (AvgIpc) is 2.47. The topological polar surface area (TPSA) is 41.1 Å². The maximum absolute atomic E-state index is 12.1. The zero-order valence-electron chi connectivity index (χ0n) is 13.7. The Hall–Kier alpha value is -2.29. The molecule has 0 unspecified atom stereocenters. The Morgan fingerprint density at radius 3 is 2.27 bits per heavy atom. The molecule has 0 fully saturated rings. The van der Waals surface area contributed by atoms with E-state index in [4.69, 9.17) is 0 Å². The Balaban J connectivity index is 1.98. The molecule has 1 amide bonds. The van der Waals surface area contributed by atoms with Gasteiger partial charge in [0, 0.05) is 11.4 Å². The lowest BCUT2D eigenvalue weighted by Crippen LogP contribution is -2.23. The van der Waals surface area contributed by atoms with Gasteiger partial charge < -0.3 is 10.6 Å². The second kappa shape index (κ2) is 6.65. The maximum atomic E-state index is 12.1. The first-order valence-electron chi connectivity index (χ1n) is 7.56. The zero-order chi connectivity index (χ0) is 16.2. The van der Waals surface area contributed by atoms with Crippen LogP contribution in [0.1, 0.15) is 31.9 Å². The van der Waals surface area contributed by atoms with Gasteiger partial charge in [0.2, 0.25) is 5.91 Å². The number of aryl methyl sites for hydroxylation is 1. The van der Waals surface area contributed by atoms with Crippen LogP contribution in [0.25, 0.3) is 0 Å². The first-order valence-corrected chi connectivity index (χ1v) is 7.56. The molecule has 0 aliphatic rings. The van der Waals surface area contributed by atoms with E-state index in [0.717, 1.165) is 11.4 Å². The molecular weight excluding hydrogens is 272 g/mol. The molecule has 0 radical (unpaired) electrons. The van der Waals surface area contributed by atoms with Gasteiger partial charge in [0.05, 0.1) is 6.54 Å². The highest BCUT2D eigenvalue weighted by atomic mass is 16.1. The van der Waals surface area contributed by atoms with Crippen LogP contribution >= 0.6 is 0 Å². The molecule has 116 valence electrons. The van der Waals surface area contributed by atoms with Crippen molar-refractivity contribution in [1.29, 1.82) is 0 Å². The van der Waals surface area contributed by atoms with E-state index in [1.54, 1.807) is 0 Å². The number of nitrogens with one attached hydrogen (secondary N) is 2. The highest BCUT2D eigenvalue weighted by Gasteiger charge is 2.17. The number of rotatable bonds is 4. The van der Waals surface area contributed by atoms with Gasteiger partial charge >= 0.3 is 0 Å². The minimum atomic E-state index is -0.0486. The molecule has 0 aliphatic heterocycles. The standard InChI is InChI=1S/C19H24N2O/c1-14-9-11-15(12-10-14)21-18(22)13-20-17-8-6-5-7-16(17)19(2,3)4/h5-12,20H,13H2,1-4H3,(H,21,22). The van der Waals surface area contributed by atoms with Crippen LogP contribution in [0.2, 0.25) is 0 Å². The van der Waals surface area contributed by atoms with E-state index in [0.29, 0.717) is 0 Å². The highest BCUT2D eigenvalue weighted by molar-refractivity contribution is 5.93. The van der Waals surface area contributed by atoms with E-state index in [1.165, 1.54) is 11.1 Å². The van der Waals surface area contributed by atoms with Crippen LogP contribution in [0, 0.1) is 6.92 Å². The van der Waals surface area contributed by atoms with E-state index in [9.17, 15) is 4.79 Å². The molecule has 0 saturated heterocycles. The predicted molar refractivity (Wildman–Crippen MR) is 93.4 cm³/mol. The van der Waals surface area contributed by atoms with Crippen LogP contribution in [-0.4, -0.2) is 12.5 Å². The lowest BCUT2D eigenvalue weighted by Gasteiger charge is -2.23. The summed E-state index contributed by atoms with van der Waals surface area (Å²) in [6.45, 7) is 8.78. The molecule has 22 heavy (non-hydrogen) atoms. The molecule has 0 bridgehead atoms. The highest BCUT2D eigenvalue weighted by Crippen LogP contribution is 2.29. The van der Waals surface area contributed by atoms with Gasteiger partial charge in [-0.15, -0.1) is 0 Å². The summed E-state index contributed by atoms with van der Waals surface area (Å²) < 4.78 is 0. The third kappa shape index (κ3) is 4.35. The molecule has 3 heteroatoms. The summed E-state index contributed by atoms with van der Waals surface area (Å²) in [6, 6.07) is 15.9. The third-order valence-corrected chi connectivity index (χ3v) is 3.51. The summed E-state index contributed by atoms with van der Waals surface area (Å²) in [6.07, 6.45) is 0. The first-order chi connectivity index (χ1) is 10.4. The van der Waals surface area contributed by atoms with E-state index < -0.39 is 0 Å². The van der Waals surface area contributed by atoms with Crippen LogP contribution in [0.5, 0.6) is 0 Å². The molecule has 0 heterocycles. The number of para-hydroxylation sites is 1. The summed E-state index contributed by atoms with van der Waals surface area (Å²) >= 11 is 0. The van der Waals surface area contributed by atoms with Gasteiger partial charge in [-0.05, 0) is 36.1 Å². The number of carbonyl (C=O) groups is 1. The average molecular weight is 296 g/mol. The summed E-state index contributed by atoms with van der Waals surface area (Å²) in [7, 11) is 0. The molecule has 0 spiro atoms. The number of amides is 1. The predicted octanol–water partition coefficient (Wildman–Crippen LogP) is 4.34. The number of hydrogen-bond donors (Lipinski definition) is 2. The summed E-state index contributed by atoms with van der Waals surface area (Å²) in [4.78, 5) is 12.1. The minimum absolute atomic E-state index is 0.0387. The largest absolute Gasteiger partial charge is 0.376 e. The van der Waals surface area contributed by atoms with Gasteiger partial charge in [0.1, 0.15) is 0 Å². The number of carbonyl (C=O) groups excluding carboxylic acids is 1. The van der Waals surface area contributed by atoms with Crippen LogP contribution in [-0.2, 0) is 10.2 Å². The molecule has 0 saturated carbocycles. The normalized spacial score (nSPS) is 11.1. The Bertz CT molecular complexity index is 639. The van der Waals surface area contributed by atoms with Crippen LogP contribution in [0.15, 0.2) is 48.5 Å². The monoisotopic (exact) mass is 296 g/mol. The zero-order valence-corrected chi connectivity index (χ0v) is 13.7. The van der Waals surface area contributed by atoms with E-state index >= 15 is 0 Å². The van der Waals surface area contributed by atoms with Crippen molar-refractivity contribution in [3.8, 4) is 0 Å². The first kappa shape index (κ1) is 16.1. The molecule has 3 nitrogen and oxygen atoms in total. The van der Waals surface area contributed by atoms with Crippen LogP contribution in [0.3, 0.4) is 0 Å². The lowest BCUT2D eigenvalue weighted by molar-refractivity contribution is -0.114. The number of hydrogen-bond acceptors (Lipinski definition) is 2. The summed E-state index contributed by atoms with van der Waals surface area (Å²) in [5.41, 5.74) is 4.25. The lowest BCUT2D eigenvalue weighted by atomic mass is 9.86. The van der Waals surface area contributed by atoms with Gasteiger partial charge in [-0.1, -0.05) is 56.7 Å². The van der Waals surface area contributed by atoms with Crippen molar-refractivity contribution in [2.45, 2.75) is 33.1 Å². The van der Waals surface area contributed by atoms with Gasteiger partial charge in [-0.2, -0.15) is 0 Å². The Kier molecular flexibility index (Phi) is 4.86. The van der Waals surface area contributed by atoms with Crippen molar-refractivity contribution in [2.75, 3.05) is 17.2 Å². The molecule has 2 aromatic rings. The maximum Gasteiger partial charge on any atom is 0.243 e. The van der Waals surface area contributed by atoms with Gasteiger partial charge in [0.15, 0.2) is 0 Å². The quantitative estimate of drug-likeness (QED) is 0.881. The number of anilines is 2. The van der Waals surface area contributed by atoms with Crippen LogP contribution < -0.4 is 10.6 Å². The molecule has 0 atom stereocenters. The van der Waals surface area contributed by atoms with Gasteiger partial charge in [0.25, 0.3) is 0 Å². The second-order valence-electron chi connectivity index (χ2n) is 6.56. The fourth-order valence-corrected chi connectivity index (χ4v) is 2.31. The minimum Gasteiger partial charge on any atom is -0.376 e. The van der Waals surface area contributed by atoms with Crippen molar-refractivity contribution < 1.29 is 4.79 Å². The van der Waals surface area contributed by atoms with Crippen molar-refractivity contribution >= 4 is 17.3 Å².